The molecule has 8 heteroatoms. The summed E-state index contributed by atoms with van der Waals surface area (Å²) in [5.74, 6) is -0.288. The van der Waals surface area contributed by atoms with Crippen molar-refractivity contribution in [3.63, 3.8) is 0 Å². The lowest BCUT2D eigenvalue weighted by Gasteiger charge is -2.37. The van der Waals surface area contributed by atoms with Gasteiger partial charge in [-0.25, -0.2) is 0 Å². The molecule has 1 heterocycles. The van der Waals surface area contributed by atoms with Crippen molar-refractivity contribution in [3.8, 4) is 17.6 Å². The van der Waals surface area contributed by atoms with E-state index in [2.05, 4.69) is 0 Å². The van der Waals surface area contributed by atoms with Crippen LogP contribution in [0.1, 0.15) is 27.8 Å². The predicted octanol–water partition coefficient (Wildman–Crippen LogP) is 5.58. The maximum Gasteiger partial charge on any atom is 0.270 e. The number of anilines is 2. The molecule has 1 fully saturated rings. The fraction of sp³-hybridized carbons (Fsp3) is 0.200. The normalized spacial score (nSPS) is 13.5. The zero-order valence-electron chi connectivity index (χ0n) is 21.9. The lowest BCUT2D eigenvalue weighted by atomic mass is 10.0. The zero-order valence-corrected chi connectivity index (χ0v) is 22.7. The molecule has 1 aliphatic rings. The summed E-state index contributed by atoms with van der Waals surface area (Å²) in [7, 11) is 1.48. The highest BCUT2D eigenvalue weighted by Gasteiger charge is 2.41. The van der Waals surface area contributed by atoms with Gasteiger partial charge in [0, 0.05) is 0 Å². The molecule has 192 valence electrons. The van der Waals surface area contributed by atoms with E-state index in [0.717, 1.165) is 22.3 Å². The van der Waals surface area contributed by atoms with Gasteiger partial charge in [0.1, 0.15) is 11.6 Å². The Kier molecular flexibility index (Phi) is 7.60. The van der Waals surface area contributed by atoms with E-state index in [1.165, 1.54) is 23.0 Å². The number of methoxy groups -OCH3 is 1. The topological polar surface area (TPSA) is 82.9 Å². The summed E-state index contributed by atoms with van der Waals surface area (Å²) >= 11 is 5.75. The van der Waals surface area contributed by atoms with E-state index in [-0.39, 0.29) is 17.3 Å². The number of hydrogen-bond acceptors (Lipinski definition) is 6. The molecule has 1 aliphatic heterocycles. The molecule has 0 atom stereocenters. The second-order valence-electron chi connectivity index (χ2n) is 9.02. The Morgan fingerprint density at radius 2 is 1.37 bits per heavy atom. The van der Waals surface area contributed by atoms with Gasteiger partial charge in [-0.3, -0.25) is 19.4 Å². The molecule has 0 aromatic heterocycles. The van der Waals surface area contributed by atoms with Crippen molar-refractivity contribution < 1.29 is 19.1 Å². The number of amides is 2. The molecule has 0 bridgehead atoms. The number of thiocarbonyl (C=S) groups is 1. The first kappa shape index (κ1) is 26.6. The Hall–Kier alpha value is -4.48. The van der Waals surface area contributed by atoms with Crippen LogP contribution in [0.2, 0.25) is 0 Å². The average Bonchev–Trinajstić information content (AvgIpc) is 2.89. The molecule has 0 radical (unpaired) electrons. The number of benzene rings is 3. The molecule has 0 aliphatic carbocycles. The molecule has 0 unspecified atom stereocenters. The van der Waals surface area contributed by atoms with Crippen LogP contribution in [0.15, 0.2) is 60.2 Å². The first-order valence-corrected chi connectivity index (χ1v) is 12.3. The molecule has 4 rings (SSSR count). The van der Waals surface area contributed by atoms with Gasteiger partial charge >= 0.3 is 0 Å². The Bertz CT molecular complexity index is 1460. The van der Waals surface area contributed by atoms with Gasteiger partial charge in [-0.2, -0.15) is 5.26 Å². The first-order chi connectivity index (χ1) is 18.2. The maximum absolute atomic E-state index is 13.8. The lowest BCUT2D eigenvalue weighted by Crippen LogP contribution is -2.57. The molecule has 2 amide bonds. The highest BCUT2D eigenvalue weighted by atomic mass is 32.1. The third-order valence-corrected chi connectivity index (χ3v) is 6.90. The van der Waals surface area contributed by atoms with Gasteiger partial charge in [0.2, 0.25) is 0 Å². The van der Waals surface area contributed by atoms with Crippen LogP contribution < -0.4 is 19.3 Å². The minimum absolute atomic E-state index is 0.0530. The quantitative estimate of drug-likeness (QED) is 0.237. The van der Waals surface area contributed by atoms with Gasteiger partial charge in [-0.05, 0) is 110 Å². The number of carbonyl (C=O) groups excluding carboxylic acids is 2. The zero-order chi connectivity index (χ0) is 27.6. The molecule has 7 nitrogen and oxygen atoms in total. The summed E-state index contributed by atoms with van der Waals surface area (Å²) in [6, 6.07) is 18.1. The van der Waals surface area contributed by atoms with E-state index < -0.39 is 11.8 Å². The van der Waals surface area contributed by atoms with Gasteiger partial charge in [0.15, 0.2) is 23.2 Å². The SMILES string of the molecule is COc1cc(C=C2C(=O)N(c3ccc(C)c(C)c3)C(=S)N(c3ccc(C)c(C)c3)C2=O)ccc1OCC#N. The van der Waals surface area contributed by atoms with Gasteiger partial charge < -0.3 is 9.47 Å². The Morgan fingerprint density at radius 3 is 1.84 bits per heavy atom. The molecule has 0 saturated carbocycles. The Balaban J connectivity index is 1.86. The molecule has 1 saturated heterocycles. The molecule has 38 heavy (non-hydrogen) atoms. The Morgan fingerprint density at radius 1 is 0.816 bits per heavy atom. The van der Waals surface area contributed by atoms with Gasteiger partial charge in [-0.1, -0.05) is 18.2 Å². The number of carbonyl (C=O) groups is 2. The van der Waals surface area contributed by atoms with Crippen molar-refractivity contribution in [1.29, 1.82) is 5.26 Å². The largest absolute Gasteiger partial charge is 0.493 e. The van der Waals surface area contributed by atoms with Crippen molar-refractivity contribution in [1.82, 2.24) is 0 Å². The van der Waals surface area contributed by atoms with Crippen LogP contribution in [0, 0.1) is 39.0 Å². The van der Waals surface area contributed by atoms with Gasteiger partial charge in [0.25, 0.3) is 11.8 Å². The minimum atomic E-state index is -0.521. The van der Waals surface area contributed by atoms with Crippen molar-refractivity contribution >= 4 is 46.6 Å². The summed E-state index contributed by atoms with van der Waals surface area (Å²) in [6.07, 6.45) is 1.52. The third-order valence-electron chi connectivity index (χ3n) is 6.54. The van der Waals surface area contributed by atoms with Crippen LogP contribution in [-0.2, 0) is 9.59 Å². The van der Waals surface area contributed by atoms with Crippen molar-refractivity contribution in [3.05, 3.63) is 88.0 Å². The summed E-state index contributed by atoms with van der Waals surface area (Å²) in [5, 5.41) is 8.91. The number of nitrogens with zero attached hydrogens (tertiary/aromatic N) is 3. The number of nitriles is 1. The van der Waals surface area contributed by atoms with E-state index in [1.54, 1.807) is 18.2 Å². The fourth-order valence-electron chi connectivity index (χ4n) is 4.08. The monoisotopic (exact) mass is 525 g/mol. The molecular weight excluding hydrogens is 498 g/mol. The summed E-state index contributed by atoms with van der Waals surface area (Å²) in [4.78, 5) is 30.5. The maximum atomic E-state index is 13.8. The van der Waals surface area contributed by atoms with Crippen LogP contribution in [-0.4, -0.2) is 30.6 Å². The van der Waals surface area contributed by atoms with E-state index in [1.807, 2.05) is 70.2 Å². The second-order valence-corrected chi connectivity index (χ2v) is 9.38. The molecule has 0 spiro atoms. The van der Waals surface area contributed by atoms with Crippen LogP contribution in [0.25, 0.3) is 6.08 Å². The molecule has 3 aromatic rings. The summed E-state index contributed by atoms with van der Waals surface area (Å²) in [5.41, 5.74) is 5.80. The highest BCUT2D eigenvalue weighted by molar-refractivity contribution is 7.81. The number of ether oxygens (including phenoxy) is 2. The van der Waals surface area contributed by atoms with Crippen molar-refractivity contribution in [2.24, 2.45) is 0 Å². The van der Waals surface area contributed by atoms with Crippen LogP contribution in [0.3, 0.4) is 0 Å². The van der Waals surface area contributed by atoms with Crippen LogP contribution >= 0.6 is 12.2 Å². The number of hydrogen-bond donors (Lipinski definition) is 0. The molecule has 0 N–H and O–H groups in total. The smallest absolute Gasteiger partial charge is 0.270 e. The Labute approximate surface area is 227 Å². The number of rotatable bonds is 6. The van der Waals surface area contributed by atoms with Crippen LogP contribution in [0.5, 0.6) is 11.5 Å². The minimum Gasteiger partial charge on any atom is -0.493 e. The summed E-state index contributed by atoms with van der Waals surface area (Å²) in [6.45, 7) is 7.76. The van der Waals surface area contributed by atoms with E-state index in [9.17, 15) is 9.59 Å². The van der Waals surface area contributed by atoms with E-state index in [4.69, 9.17) is 27.0 Å². The van der Waals surface area contributed by atoms with E-state index >= 15 is 0 Å². The van der Waals surface area contributed by atoms with Crippen molar-refractivity contribution in [2.75, 3.05) is 23.5 Å². The second kappa shape index (κ2) is 10.9. The average molecular weight is 526 g/mol. The predicted molar refractivity (Wildman–Crippen MR) is 151 cm³/mol. The van der Waals surface area contributed by atoms with Gasteiger partial charge in [0.05, 0.1) is 18.5 Å². The molecular formula is C30H27N3O4S. The number of aryl methyl sites for hydroxylation is 4. The van der Waals surface area contributed by atoms with Crippen molar-refractivity contribution in [2.45, 2.75) is 27.7 Å². The third kappa shape index (κ3) is 5.01. The summed E-state index contributed by atoms with van der Waals surface area (Å²) < 4.78 is 10.8. The standard InChI is InChI=1S/C30H27N3O4S/c1-18-6-9-23(14-20(18)3)32-28(34)25(16-22-8-11-26(37-13-12-31)27(17-22)36-5)29(35)33(30(32)38)24-10-7-19(2)21(4)15-24/h6-11,14-17H,13H2,1-5H3. The van der Waals surface area contributed by atoms with Gasteiger partial charge in [-0.15, -0.1) is 0 Å². The first-order valence-electron chi connectivity index (χ1n) is 11.9. The van der Waals surface area contributed by atoms with Crippen LogP contribution in [0.4, 0.5) is 11.4 Å². The van der Waals surface area contributed by atoms with E-state index in [0.29, 0.717) is 28.4 Å². The lowest BCUT2D eigenvalue weighted by molar-refractivity contribution is -0.120. The fourth-order valence-corrected chi connectivity index (χ4v) is 4.46. The molecule has 3 aromatic carbocycles. The highest BCUT2D eigenvalue weighted by Crippen LogP contribution is 2.33.